The van der Waals surface area contributed by atoms with Gasteiger partial charge in [-0.2, -0.15) is 0 Å². The first-order valence-electron chi connectivity index (χ1n) is 12.7. The van der Waals surface area contributed by atoms with Crippen molar-refractivity contribution in [3.63, 3.8) is 0 Å². The van der Waals surface area contributed by atoms with Gasteiger partial charge in [-0.1, -0.05) is 97.1 Å². The van der Waals surface area contributed by atoms with Gasteiger partial charge in [0.1, 0.15) is 6.61 Å². The predicted molar refractivity (Wildman–Crippen MR) is 147 cm³/mol. The largest absolute Gasteiger partial charge is 0.445 e. The molecule has 0 aromatic heterocycles. The van der Waals surface area contributed by atoms with E-state index in [9.17, 15) is 9.59 Å². The van der Waals surface area contributed by atoms with Crippen LogP contribution in [0, 0.1) is 5.92 Å². The van der Waals surface area contributed by atoms with Gasteiger partial charge >= 0.3 is 6.09 Å². The first-order valence-corrected chi connectivity index (χ1v) is 12.7. The van der Waals surface area contributed by atoms with E-state index in [0.29, 0.717) is 13.0 Å². The van der Waals surface area contributed by atoms with Crippen LogP contribution in [0.2, 0.25) is 0 Å². The van der Waals surface area contributed by atoms with Crippen LogP contribution in [-0.4, -0.2) is 30.1 Å². The number of carbonyl (C=O) groups is 2. The molecule has 0 saturated heterocycles. The van der Waals surface area contributed by atoms with E-state index in [1.807, 2.05) is 106 Å². The van der Waals surface area contributed by atoms with Gasteiger partial charge in [-0.3, -0.25) is 4.79 Å². The molecule has 194 valence electrons. The Morgan fingerprint density at radius 2 is 1.30 bits per heavy atom. The number of carbonyl (C=O) groups excluding carboxylic acids is 2. The topological polar surface area (TPSA) is 64.6 Å². The molecule has 0 heterocycles. The number of benzene rings is 3. The monoisotopic (exact) mass is 499 g/mol. The molecule has 3 rings (SSSR count). The number of alkyl carbamates (subject to hydrolysis) is 1. The summed E-state index contributed by atoms with van der Waals surface area (Å²) in [5, 5.41) is 2.77. The number of hydrogen-bond acceptors (Lipinski definition) is 4. The van der Waals surface area contributed by atoms with Gasteiger partial charge in [0, 0.05) is 12.3 Å². The maximum atomic E-state index is 13.3. The summed E-state index contributed by atoms with van der Waals surface area (Å²) in [5.41, 5.74) is 2.72. The average molecular weight is 500 g/mol. The Morgan fingerprint density at radius 1 is 0.784 bits per heavy atom. The Morgan fingerprint density at radius 3 is 1.84 bits per heavy atom. The van der Waals surface area contributed by atoms with Crippen LogP contribution in [0.3, 0.4) is 0 Å². The molecule has 0 bridgehead atoms. The molecule has 2 atom stereocenters. The third-order valence-electron chi connectivity index (χ3n) is 5.73. The van der Waals surface area contributed by atoms with Gasteiger partial charge in [0.2, 0.25) is 0 Å². The van der Waals surface area contributed by atoms with E-state index in [2.05, 4.69) is 17.4 Å². The molecule has 0 fully saturated rings. The summed E-state index contributed by atoms with van der Waals surface area (Å²) in [6.07, 6.45) is 3.97. The molecular formula is C32H37NO4. The number of rotatable bonds is 12. The maximum absolute atomic E-state index is 13.3. The summed E-state index contributed by atoms with van der Waals surface area (Å²) in [4.78, 5) is 25.9. The molecule has 0 spiro atoms. The molecule has 0 radical (unpaired) electrons. The molecule has 37 heavy (non-hydrogen) atoms. The second-order valence-electron chi connectivity index (χ2n) is 10.1. The van der Waals surface area contributed by atoms with Crippen LogP contribution in [0.25, 0.3) is 0 Å². The third-order valence-corrected chi connectivity index (χ3v) is 5.73. The highest BCUT2D eigenvalue weighted by molar-refractivity contribution is 5.96. The molecule has 1 N–H and O–H groups in total. The molecule has 0 aliphatic carbocycles. The van der Waals surface area contributed by atoms with Crippen LogP contribution in [0.4, 0.5) is 4.79 Å². The lowest BCUT2D eigenvalue weighted by Gasteiger charge is -2.23. The quantitative estimate of drug-likeness (QED) is 0.296. The van der Waals surface area contributed by atoms with Crippen LogP contribution in [0.5, 0.6) is 0 Å². The van der Waals surface area contributed by atoms with Crippen molar-refractivity contribution in [3.8, 4) is 0 Å². The van der Waals surface area contributed by atoms with Gasteiger partial charge in [0.15, 0.2) is 5.78 Å². The van der Waals surface area contributed by atoms with Crippen molar-refractivity contribution < 1.29 is 19.1 Å². The van der Waals surface area contributed by atoms with Crippen molar-refractivity contribution in [1.82, 2.24) is 5.32 Å². The van der Waals surface area contributed by atoms with Gasteiger partial charge < -0.3 is 14.8 Å². The molecule has 5 nitrogen and oxygen atoms in total. The van der Waals surface area contributed by atoms with Crippen molar-refractivity contribution in [3.05, 3.63) is 120 Å². The van der Waals surface area contributed by atoms with Crippen LogP contribution < -0.4 is 5.32 Å². The van der Waals surface area contributed by atoms with Crippen molar-refractivity contribution in [2.24, 2.45) is 5.92 Å². The molecular weight excluding hydrogens is 462 g/mol. The van der Waals surface area contributed by atoms with Gasteiger partial charge in [-0.05, 0) is 50.0 Å². The van der Waals surface area contributed by atoms with Crippen molar-refractivity contribution in [2.75, 3.05) is 6.61 Å². The number of nitrogens with one attached hydrogen (secondary N) is 1. The molecule has 1 unspecified atom stereocenters. The average Bonchev–Trinajstić information content (AvgIpc) is 2.90. The van der Waals surface area contributed by atoms with Gasteiger partial charge in [0.25, 0.3) is 0 Å². The Kier molecular flexibility index (Phi) is 10.7. The minimum Gasteiger partial charge on any atom is -0.445 e. The summed E-state index contributed by atoms with van der Waals surface area (Å²) in [6, 6.07) is 28.5. The molecule has 0 aliphatic heterocycles. The van der Waals surface area contributed by atoms with Crippen LogP contribution >= 0.6 is 0 Å². The van der Waals surface area contributed by atoms with Gasteiger partial charge in [-0.25, -0.2) is 4.79 Å². The second-order valence-corrected chi connectivity index (χ2v) is 10.1. The van der Waals surface area contributed by atoms with E-state index in [-0.39, 0.29) is 23.9 Å². The predicted octanol–water partition coefficient (Wildman–Crippen LogP) is 6.32. The third kappa shape index (κ3) is 10.8. The zero-order valence-corrected chi connectivity index (χ0v) is 21.9. The molecule has 0 saturated carbocycles. The lowest BCUT2D eigenvalue weighted by molar-refractivity contribution is -0.116. The van der Waals surface area contributed by atoms with E-state index in [4.69, 9.17) is 9.47 Å². The summed E-state index contributed by atoms with van der Waals surface area (Å²) in [5.74, 6) is -0.178. The molecule has 1 amide bonds. The summed E-state index contributed by atoms with van der Waals surface area (Å²) in [6.45, 7) is 6.67. The first kappa shape index (κ1) is 27.9. The SMILES string of the molecule is CC(C)(C)OCC(/C=C/C(=O)[C@H](Cc1ccccc1)NC(=O)OCc1ccccc1)Cc1ccccc1. The standard InChI is InChI=1S/C32H37NO4/c1-32(2,3)37-24-28(21-25-13-7-4-8-14-25)19-20-30(34)29(22-26-15-9-5-10-16-26)33-31(35)36-23-27-17-11-6-12-18-27/h4-20,28-29H,21-24H2,1-3H3,(H,33,35)/b20-19+/t28?,29-/m0/s1. The number of amides is 1. The zero-order chi connectivity index (χ0) is 26.5. The van der Waals surface area contributed by atoms with Crippen LogP contribution in [0.1, 0.15) is 37.5 Å². The van der Waals surface area contributed by atoms with Gasteiger partial charge in [0.05, 0.1) is 18.2 Å². The van der Waals surface area contributed by atoms with Crippen molar-refractivity contribution in [1.29, 1.82) is 0 Å². The molecule has 3 aromatic rings. The fourth-order valence-electron chi connectivity index (χ4n) is 3.78. The summed E-state index contributed by atoms with van der Waals surface area (Å²) in [7, 11) is 0. The molecule has 5 heteroatoms. The fraction of sp³-hybridized carbons (Fsp3) is 0.312. The lowest BCUT2D eigenvalue weighted by atomic mass is 9.97. The lowest BCUT2D eigenvalue weighted by Crippen LogP contribution is -2.42. The van der Waals surface area contributed by atoms with Crippen LogP contribution in [-0.2, 0) is 33.7 Å². The van der Waals surface area contributed by atoms with Crippen molar-refractivity contribution >= 4 is 11.9 Å². The van der Waals surface area contributed by atoms with E-state index in [0.717, 1.165) is 17.5 Å². The van der Waals surface area contributed by atoms with E-state index >= 15 is 0 Å². The highest BCUT2D eigenvalue weighted by Gasteiger charge is 2.21. The smallest absolute Gasteiger partial charge is 0.408 e. The van der Waals surface area contributed by atoms with Crippen LogP contribution in [0.15, 0.2) is 103 Å². The number of ether oxygens (including phenoxy) is 2. The Hall–Kier alpha value is -3.70. The summed E-state index contributed by atoms with van der Waals surface area (Å²) < 4.78 is 11.4. The summed E-state index contributed by atoms with van der Waals surface area (Å²) >= 11 is 0. The highest BCUT2D eigenvalue weighted by atomic mass is 16.5. The second kappa shape index (κ2) is 14.1. The maximum Gasteiger partial charge on any atom is 0.408 e. The number of ketones is 1. The normalized spacial score (nSPS) is 13.2. The molecule has 3 aromatic carbocycles. The zero-order valence-electron chi connectivity index (χ0n) is 21.9. The Labute approximate surface area is 220 Å². The minimum absolute atomic E-state index is 0.00739. The number of hydrogen-bond donors (Lipinski definition) is 1. The Bertz CT molecular complexity index is 1120. The molecule has 0 aliphatic rings. The first-order chi connectivity index (χ1) is 17.8. The highest BCUT2D eigenvalue weighted by Crippen LogP contribution is 2.16. The fourth-order valence-corrected chi connectivity index (χ4v) is 3.78. The van der Waals surface area contributed by atoms with E-state index in [1.54, 1.807) is 6.08 Å². The van der Waals surface area contributed by atoms with E-state index in [1.165, 1.54) is 5.56 Å². The van der Waals surface area contributed by atoms with Gasteiger partial charge in [-0.15, -0.1) is 0 Å². The van der Waals surface area contributed by atoms with Crippen molar-refractivity contribution in [2.45, 2.75) is 51.9 Å². The minimum atomic E-state index is -0.747. The Balaban J connectivity index is 1.70. The van der Waals surface area contributed by atoms with E-state index < -0.39 is 12.1 Å².